The Labute approximate surface area is 125 Å². The van der Waals surface area contributed by atoms with Gasteiger partial charge in [0.05, 0.1) is 7.11 Å². The highest BCUT2D eigenvalue weighted by molar-refractivity contribution is 5.77. The van der Waals surface area contributed by atoms with Crippen LogP contribution < -0.4 is 20.5 Å². The molecule has 116 valence electrons. The van der Waals surface area contributed by atoms with Gasteiger partial charge in [-0.05, 0) is 49.8 Å². The van der Waals surface area contributed by atoms with Gasteiger partial charge in [-0.25, -0.2) is 0 Å². The van der Waals surface area contributed by atoms with Crippen LogP contribution >= 0.6 is 0 Å². The van der Waals surface area contributed by atoms with E-state index in [0.29, 0.717) is 17.4 Å². The maximum Gasteiger partial charge on any atom is 0.257 e. The maximum atomic E-state index is 11.7. The van der Waals surface area contributed by atoms with E-state index in [1.807, 2.05) is 25.1 Å². The van der Waals surface area contributed by atoms with Gasteiger partial charge in [0.25, 0.3) is 5.91 Å². The van der Waals surface area contributed by atoms with Crippen molar-refractivity contribution >= 4 is 5.91 Å². The van der Waals surface area contributed by atoms with Gasteiger partial charge < -0.3 is 20.5 Å². The lowest BCUT2D eigenvalue weighted by atomic mass is 10.1. The number of hydrogen-bond acceptors (Lipinski definition) is 4. The zero-order valence-electron chi connectivity index (χ0n) is 12.7. The van der Waals surface area contributed by atoms with Gasteiger partial charge in [-0.2, -0.15) is 0 Å². The van der Waals surface area contributed by atoms with Crippen LogP contribution in [0.4, 0.5) is 0 Å². The third-order valence-corrected chi connectivity index (χ3v) is 3.43. The van der Waals surface area contributed by atoms with E-state index in [2.05, 4.69) is 5.32 Å². The van der Waals surface area contributed by atoms with Crippen LogP contribution in [0.5, 0.6) is 11.5 Å². The third-order valence-electron chi connectivity index (χ3n) is 3.43. The SMILES string of the molecule is COc1cc(CC(C)N)ccc1OCC(=O)NCC1CC1. The van der Waals surface area contributed by atoms with Crippen molar-refractivity contribution in [2.24, 2.45) is 11.7 Å². The van der Waals surface area contributed by atoms with Crippen molar-refractivity contribution in [3.8, 4) is 11.5 Å². The smallest absolute Gasteiger partial charge is 0.257 e. The van der Waals surface area contributed by atoms with Crippen LogP contribution in [0.3, 0.4) is 0 Å². The Morgan fingerprint density at radius 1 is 1.43 bits per heavy atom. The highest BCUT2D eigenvalue weighted by Gasteiger charge is 2.21. The fourth-order valence-electron chi connectivity index (χ4n) is 2.10. The van der Waals surface area contributed by atoms with E-state index in [9.17, 15) is 4.79 Å². The molecule has 1 fully saturated rings. The minimum absolute atomic E-state index is 0.00964. The summed E-state index contributed by atoms with van der Waals surface area (Å²) < 4.78 is 10.8. The van der Waals surface area contributed by atoms with Crippen molar-refractivity contribution < 1.29 is 14.3 Å². The molecule has 0 spiro atoms. The molecule has 3 N–H and O–H groups in total. The van der Waals surface area contributed by atoms with E-state index in [0.717, 1.165) is 18.5 Å². The Morgan fingerprint density at radius 2 is 2.19 bits per heavy atom. The van der Waals surface area contributed by atoms with E-state index < -0.39 is 0 Å². The molecule has 5 nitrogen and oxygen atoms in total. The van der Waals surface area contributed by atoms with Gasteiger partial charge in [-0.1, -0.05) is 6.07 Å². The van der Waals surface area contributed by atoms with Crippen LogP contribution in [0.1, 0.15) is 25.3 Å². The minimum Gasteiger partial charge on any atom is -0.493 e. The van der Waals surface area contributed by atoms with Gasteiger partial charge in [0.1, 0.15) is 0 Å². The molecule has 1 atom stereocenters. The first-order chi connectivity index (χ1) is 10.1. The van der Waals surface area contributed by atoms with Crippen molar-refractivity contribution in [3.63, 3.8) is 0 Å². The van der Waals surface area contributed by atoms with Gasteiger partial charge in [0, 0.05) is 12.6 Å². The molecule has 0 saturated heterocycles. The van der Waals surface area contributed by atoms with Gasteiger partial charge in [0.2, 0.25) is 0 Å². The summed E-state index contributed by atoms with van der Waals surface area (Å²) in [5.41, 5.74) is 6.88. The fraction of sp³-hybridized carbons (Fsp3) is 0.562. The summed E-state index contributed by atoms with van der Waals surface area (Å²) in [4.78, 5) is 11.7. The molecule has 0 bridgehead atoms. The van der Waals surface area contributed by atoms with Crippen LogP contribution in [-0.4, -0.2) is 32.2 Å². The molecule has 0 radical (unpaired) electrons. The number of benzene rings is 1. The average Bonchev–Trinajstić information content (AvgIpc) is 3.27. The normalized spacial score (nSPS) is 15.4. The summed E-state index contributed by atoms with van der Waals surface area (Å²) in [5.74, 6) is 1.78. The van der Waals surface area contributed by atoms with Crippen molar-refractivity contribution in [2.45, 2.75) is 32.2 Å². The van der Waals surface area contributed by atoms with Crippen molar-refractivity contribution in [1.29, 1.82) is 0 Å². The number of rotatable bonds is 8. The Balaban J connectivity index is 1.87. The molecule has 0 aliphatic heterocycles. The molecule has 1 aromatic carbocycles. The largest absolute Gasteiger partial charge is 0.493 e. The molecule has 1 amide bonds. The number of hydrogen-bond donors (Lipinski definition) is 2. The number of nitrogens with one attached hydrogen (secondary N) is 1. The average molecular weight is 292 g/mol. The van der Waals surface area contributed by atoms with Crippen LogP contribution in [-0.2, 0) is 11.2 Å². The number of carbonyl (C=O) groups is 1. The van der Waals surface area contributed by atoms with E-state index in [1.165, 1.54) is 12.8 Å². The first-order valence-electron chi connectivity index (χ1n) is 7.40. The topological polar surface area (TPSA) is 73.6 Å². The lowest BCUT2D eigenvalue weighted by Crippen LogP contribution is -2.30. The predicted molar refractivity (Wildman–Crippen MR) is 81.6 cm³/mol. The molecule has 2 rings (SSSR count). The Bertz CT molecular complexity index is 484. The third kappa shape index (κ3) is 5.27. The van der Waals surface area contributed by atoms with Crippen LogP contribution in [0.15, 0.2) is 18.2 Å². The molecule has 0 aromatic heterocycles. The van der Waals surface area contributed by atoms with Crippen molar-refractivity contribution in [2.75, 3.05) is 20.3 Å². The van der Waals surface area contributed by atoms with E-state index in [4.69, 9.17) is 15.2 Å². The van der Waals surface area contributed by atoms with Crippen molar-refractivity contribution in [1.82, 2.24) is 5.32 Å². The Morgan fingerprint density at radius 3 is 2.81 bits per heavy atom. The van der Waals surface area contributed by atoms with Gasteiger partial charge in [-0.3, -0.25) is 4.79 Å². The van der Waals surface area contributed by atoms with Crippen LogP contribution in [0.25, 0.3) is 0 Å². The molecule has 5 heteroatoms. The van der Waals surface area contributed by atoms with Crippen LogP contribution in [0, 0.1) is 5.92 Å². The molecular formula is C16H24N2O3. The molecule has 1 unspecified atom stereocenters. The fourth-order valence-corrected chi connectivity index (χ4v) is 2.10. The molecule has 1 aliphatic carbocycles. The Hall–Kier alpha value is -1.75. The number of nitrogens with two attached hydrogens (primary N) is 1. The van der Waals surface area contributed by atoms with Gasteiger partial charge in [-0.15, -0.1) is 0 Å². The number of carbonyl (C=O) groups excluding carboxylic acids is 1. The highest BCUT2D eigenvalue weighted by Crippen LogP contribution is 2.29. The lowest BCUT2D eigenvalue weighted by molar-refractivity contribution is -0.123. The number of ether oxygens (including phenoxy) is 2. The second-order valence-electron chi connectivity index (χ2n) is 5.70. The second-order valence-corrected chi connectivity index (χ2v) is 5.70. The Kier molecular flexibility index (Phi) is 5.44. The lowest BCUT2D eigenvalue weighted by Gasteiger charge is -2.13. The summed E-state index contributed by atoms with van der Waals surface area (Å²) in [7, 11) is 1.59. The first kappa shape index (κ1) is 15.6. The zero-order chi connectivity index (χ0) is 15.2. The summed E-state index contributed by atoms with van der Waals surface area (Å²) in [5, 5.41) is 2.87. The van der Waals surface area contributed by atoms with E-state index in [1.54, 1.807) is 7.11 Å². The monoisotopic (exact) mass is 292 g/mol. The van der Waals surface area contributed by atoms with Gasteiger partial charge in [0.15, 0.2) is 18.1 Å². The molecule has 21 heavy (non-hydrogen) atoms. The molecule has 0 heterocycles. The van der Waals surface area contributed by atoms with Gasteiger partial charge >= 0.3 is 0 Å². The highest BCUT2D eigenvalue weighted by atomic mass is 16.5. The van der Waals surface area contributed by atoms with E-state index >= 15 is 0 Å². The van der Waals surface area contributed by atoms with Crippen LogP contribution in [0.2, 0.25) is 0 Å². The standard InChI is InChI=1S/C16H24N2O3/c1-11(17)7-13-5-6-14(15(8-13)20-2)21-10-16(19)18-9-12-3-4-12/h5-6,8,11-12H,3-4,7,9-10,17H2,1-2H3,(H,18,19). The summed E-state index contributed by atoms with van der Waals surface area (Å²) in [6.45, 7) is 2.73. The molecule has 1 aliphatic rings. The molecule has 1 saturated carbocycles. The quantitative estimate of drug-likeness (QED) is 0.761. The predicted octanol–water partition coefficient (Wildman–Crippen LogP) is 1.49. The second kappa shape index (κ2) is 7.31. The van der Waals surface area contributed by atoms with Crippen molar-refractivity contribution in [3.05, 3.63) is 23.8 Å². The van der Waals surface area contributed by atoms with E-state index in [-0.39, 0.29) is 18.6 Å². The maximum absolute atomic E-state index is 11.7. The zero-order valence-corrected chi connectivity index (χ0v) is 12.7. The minimum atomic E-state index is -0.0939. The number of amides is 1. The first-order valence-corrected chi connectivity index (χ1v) is 7.40. The number of methoxy groups -OCH3 is 1. The molecule has 1 aromatic rings. The summed E-state index contributed by atoms with van der Waals surface area (Å²) in [6, 6.07) is 5.77. The summed E-state index contributed by atoms with van der Waals surface area (Å²) >= 11 is 0. The molecular weight excluding hydrogens is 268 g/mol. The summed E-state index contributed by atoms with van der Waals surface area (Å²) in [6.07, 6.45) is 3.21.